The lowest BCUT2D eigenvalue weighted by atomic mass is 9.93. The van der Waals surface area contributed by atoms with Gasteiger partial charge in [0, 0.05) is 27.2 Å². The Balaban J connectivity index is 2.39. The summed E-state index contributed by atoms with van der Waals surface area (Å²) in [4.78, 5) is 17.9. The first-order valence-corrected chi connectivity index (χ1v) is 8.74. The van der Waals surface area contributed by atoms with Crippen LogP contribution in [0.2, 0.25) is 0 Å². The van der Waals surface area contributed by atoms with Crippen LogP contribution in [0.15, 0.2) is 4.90 Å². The van der Waals surface area contributed by atoms with E-state index in [1.54, 1.807) is 30.8 Å². The summed E-state index contributed by atoms with van der Waals surface area (Å²) in [6, 6.07) is 0. The van der Waals surface area contributed by atoms with Crippen LogP contribution in [0.25, 0.3) is 0 Å². The second-order valence-electron chi connectivity index (χ2n) is 6.22. The van der Waals surface area contributed by atoms with Crippen molar-refractivity contribution in [1.29, 1.82) is 0 Å². The van der Waals surface area contributed by atoms with Crippen molar-refractivity contribution in [2.75, 3.05) is 44.1 Å². The lowest BCUT2D eigenvalue weighted by Crippen LogP contribution is -2.22. The zero-order valence-corrected chi connectivity index (χ0v) is 14.5. The number of carbonyl (C=O) groups excluding carboxylic acids is 1. The van der Waals surface area contributed by atoms with Crippen LogP contribution in [0.5, 0.6) is 0 Å². The highest BCUT2D eigenvalue weighted by atomic mass is 32.2. The molecule has 20 heavy (non-hydrogen) atoms. The van der Waals surface area contributed by atoms with Crippen LogP contribution in [-0.4, -0.2) is 44.2 Å². The standard InChI is InChI=1S/C14H23N3OS2/c1-14(2)6-7-17(8-14)13-11(19-5)9(15)10(20-13)12(18)16(3)4/h6-8,15H2,1-5H3. The van der Waals surface area contributed by atoms with E-state index in [9.17, 15) is 4.79 Å². The third kappa shape index (κ3) is 2.76. The molecule has 0 bridgehead atoms. The molecular formula is C14H23N3OS2. The third-order valence-corrected chi connectivity index (χ3v) is 5.86. The molecule has 0 atom stereocenters. The van der Waals surface area contributed by atoms with Gasteiger partial charge in [-0.05, 0) is 18.1 Å². The van der Waals surface area contributed by atoms with Crippen LogP contribution >= 0.6 is 23.1 Å². The Hall–Kier alpha value is -0.880. The van der Waals surface area contributed by atoms with Crippen LogP contribution in [0.4, 0.5) is 10.7 Å². The van der Waals surface area contributed by atoms with Gasteiger partial charge in [0.2, 0.25) is 0 Å². The van der Waals surface area contributed by atoms with E-state index in [1.807, 2.05) is 6.26 Å². The number of nitrogens with two attached hydrogens (primary N) is 1. The van der Waals surface area contributed by atoms with E-state index in [0.717, 1.165) is 23.0 Å². The molecule has 4 nitrogen and oxygen atoms in total. The maximum absolute atomic E-state index is 12.2. The largest absolute Gasteiger partial charge is 0.396 e. The fourth-order valence-electron chi connectivity index (χ4n) is 2.47. The summed E-state index contributed by atoms with van der Waals surface area (Å²) in [7, 11) is 3.53. The number of hydrogen-bond acceptors (Lipinski definition) is 5. The summed E-state index contributed by atoms with van der Waals surface area (Å²) in [5, 5.41) is 1.16. The monoisotopic (exact) mass is 313 g/mol. The van der Waals surface area contributed by atoms with Crippen molar-refractivity contribution in [2.45, 2.75) is 25.2 Å². The average Bonchev–Trinajstić information content (AvgIpc) is 2.88. The summed E-state index contributed by atoms with van der Waals surface area (Å²) < 4.78 is 0. The quantitative estimate of drug-likeness (QED) is 0.872. The maximum atomic E-state index is 12.2. The third-order valence-electron chi connectivity index (χ3n) is 3.65. The number of hydrogen-bond donors (Lipinski definition) is 1. The Kier molecular flexibility index (Phi) is 4.25. The molecule has 1 aromatic rings. The highest BCUT2D eigenvalue weighted by molar-refractivity contribution is 7.99. The maximum Gasteiger partial charge on any atom is 0.265 e. The Labute approximate surface area is 129 Å². The predicted molar refractivity (Wildman–Crippen MR) is 89.1 cm³/mol. The molecule has 0 aromatic carbocycles. The van der Waals surface area contributed by atoms with E-state index in [0.29, 0.717) is 16.0 Å². The average molecular weight is 313 g/mol. The first-order chi connectivity index (χ1) is 9.26. The summed E-state index contributed by atoms with van der Waals surface area (Å²) in [6.07, 6.45) is 3.20. The van der Waals surface area contributed by atoms with Gasteiger partial charge >= 0.3 is 0 Å². The van der Waals surface area contributed by atoms with Crippen molar-refractivity contribution >= 4 is 39.7 Å². The number of thiophene rings is 1. The Morgan fingerprint density at radius 3 is 2.55 bits per heavy atom. The van der Waals surface area contributed by atoms with E-state index < -0.39 is 0 Å². The fraction of sp³-hybridized carbons (Fsp3) is 0.643. The van der Waals surface area contributed by atoms with Gasteiger partial charge in [0.25, 0.3) is 5.91 Å². The molecular weight excluding hydrogens is 290 g/mol. The molecule has 1 fully saturated rings. The lowest BCUT2D eigenvalue weighted by Gasteiger charge is -2.21. The normalized spacial score (nSPS) is 17.6. The van der Waals surface area contributed by atoms with Crippen molar-refractivity contribution < 1.29 is 4.79 Å². The van der Waals surface area contributed by atoms with Crippen LogP contribution in [-0.2, 0) is 0 Å². The van der Waals surface area contributed by atoms with Gasteiger partial charge in [-0.1, -0.05) is 13.8 Å². The number of amides is 1. The first kappa shape index (κ1) is 15.5. The highest BCUT2D eigenvalue weighted by Gasteiger charge is 2.33. The number of carbonyl (C=O) groups is 1. The number of anilines is 2. The lowest BCUT2D eigenvalue weighted by molar-refractivity contribution is 0.0833. The molecule has 1 aliphatic rings. The minimum Gasteiger partial charge on any atom is -0.396 e. The molecule has 0 aliphatic carbocycles. The van der Waals surface area contributed by atoms with E-state index in [4.69, 9.17) is 5.73 Å². The summed E-state index contributed by atoms with van der Waals surface area (Å²) in [5.41, 5.74) is 7.18. The molecule has 2 N–H and O–H groups in total. The Morgan fingerprint density at radius 2 is 2.10 bits per heavy atom. The second-order valence-corrected chi connectivity index (χ2v) is 8.03. The number of rotatable bonds is 3. The number of nitrogen functional groups attached to an aromatic ring is 1. The molecule has 112 valence electrons. The van der Waals surface area contributed by atoms with Gasteiger partial charge < -0.3 is 15.5 Å². The van der Waals surface area contributed by atoms with E-state index in [1.165, 1.54) is 17.8 Å². The topological polar surface area (TPSA) is 49.6 Å². The molecule has 0 spiro atoms. The second kappa shape index (κ2) is 5.48. The van der Waals surface area contributed by atoms with E-state index in [2.05, 4.69) is 18.7 Å². The molecule has 6 heteroatoms. The highest BCUT2D eigenvalue weighted by Crippen LogP contribution is 2.46. The van der Waals surface area contributed by atoms with Crippen molar-refractivity contribution in [1.82, 2.24) is 4.90 Å². The molecule has 2 heterocycles. The van der Waals surface area contributed by atoms with E-state index >= 15 is 0 Å². The van der Waals surface area contributed by atoms with Gasteiger partial charge in [-0.25, -0.2) is 0 Å². The Bertz CT molecular complexity index is 523. The van der Waals surface area contributed by atoms with Gasteiger partial charge in [0.15, 0.2) is 0 Å². The smallest absolute Gasteiger partial charge is 0.265 e. The van der Waals surface area contributed by atoms with Gasteiger partial charge in [-0.3, -0.25) is 4.79 Å². The predicted octanol–water partition coefficient (Wildman–Crippen LogP) is 2.99. The van der Waals surface area contributed by atoms with Crippen LogP contribution < -0.4 is 10.6 Å². The first-order valence-electron chi connectivity index (χ1n) is 6.69. The van der Waals surface area contributed by atoms with Gasteiger partial charge in [0.1, 0.15) is 9.88 Å². The summed E-state index contributed by atoms with van der Waals surface area (Å²) in [6.45, 7) is 6.63. The molecule has 1 aliphatic heterocycles. The van der Waals surface area contributed by atoms with Gasteiger partial charge in [-0.2, -0.15) is 0 Å². The van der Waals surface area contributed by atoms with Crippen molar-refractivity contribution in [3.63, 3.8) is 0 Å². The molecule has 1 aromatic heterocycles. The summed E-state index contributed by atoms with van der Waals surface area (Å²) in [5.74, 6) is -0.00694. The minimum atomic E-state index is -0.00694. The Morgan fingerprint density at radius 1 is 1.45 bits per heavy atom. The number of thioether (sulfide) groups is 1. The fourth-order valence-corrected chi connectivity index (χ4v) is 4.70. The van der Waals surface area contributed by atoms with Crippen molar-refractivity contribution in [2.24, 2.45) is 5.41 Å². The zero-order chi connectivity index (χ0) is 15.1. The van der Waals surface area contributed by atoms with Crippen molar-refractivity contribution in [3.8, 4) is 0 Å². The van der Waals surface area contributed by atoms with Crippen LogP contribution in [0, 0.1) is 5.41 Å². The molecule has 0 unspecified atom stereocenters. The molecule has 1 amide bonds. The van der Waals surface area contributed by atoms with Gasteiger partial charge in [0.05, 0.1) is 10.6 Å². The van der Waals surface area contributed by atoms with Gasteiger partial charge in [-0.15, -0.1) is 23.1 Å². The SMILES string of the molecule is CSc1c(N2CCC(C)(C)C2)sc(C(=O)N(C)C)c1N. The molecule has 0 saturated carbocycles. The molecule has 0 radical (unpaired) electrons. The zero-order valence-electron chi connectivity index (χ0n) is 12.8. The minimum absolute atomic E-state index is 0.00694. The van der Waals surface area contributed by atoms with Crippen molar-refractivity contribution in [3.05, 3.63) is 4.88 Å². The van der Waals surface area contributed by atoms with Crippen LogP contribution in [0.1, 0.15) is 29.9 Å². The molecule has 1 saturated heterocycles. The molecule has 2 rings (SSSR count). The van der Waals surface area contributed by atoms with Crippen LogP contribution in [0.3, 0.4) is 0 Å². The van der Waals surface area contributed by atoms with E-state index in [-0.39, 0.29) is 5.91 Å². The summed E-state index contributed by atoms with van der Waals surface area (Å²) >= 11 is 3.17. The number of nitrogens with zero attached hydrogens (tertiary/aromatic N) is 2.